The van der Waals surface area contributed by atoms with Crippen molar-refractivity contribution in [2.24, 2.45) is 0 Å². The monoisotopic (exact) mass is 443 g/mol. The molecule has 33 heavy (non-hydrogen) atoms. The SMILES string of the molecule is Clc1cncc(-c2ccc3c(c2)C2(c4ccccc4Oc4ccccc42)c2ccccc2-3)c1. The van der Waals surface area contributed by atoms with Gasteiger partial charge in [0.05, 0.1) is 10.4 Å². The van der Waals surface area contributed by atoms with E-state index in [4.69, 9.17) is 16.3 Å². The third-order valence-corrected chi connectivity index (χ3v) is 7.09. The Hall–Kier alpha value is -3.88. The van der Waals surface area contributed by atoms with Crippen LogP contribution in [0.3, 0.4) is 0 Å². The lowest BCUT2D eigenvalue weighted by Crippen LogP contribution is -2.32. The number of ether oxygens (including phenoxy) is 1. The van der Waals surface area contributed by atoms with Crippen LogP contribution < -0.4 is 4.74 Å². The van der Waals surface area contributed by atoms with Crippen molar-refractivity contribution in [2.45, 2.75) is 5.41 Å². The number of aromatic nitrogens is 1. The molecule has 2 heterocycles. The fourth-order valence-corrected chi connectivity index (χ4v) is 5.78. The van der Waals surface area contributed by atoms with Gasteiger partial charge < -0.3 is 4.74 Å². The lowest BCUT2D eigenvalue weighted by atomic mass is 9.66. The standard InChI is InChI=1S/C30H18ClNO/c31-21-15-20(17-32-18-21)19-13-14-23-22-7-1-2-8-24(22)30(27(23)16-19)25-9-3-5-11-28(25)33-29-12-6-4-10-26(29)30/h1-18H. The molecule has 0 fully saturated rings. The number of para-hydroxylation sites is 2. The summed E-state index contributed by atoms with van der Waals surface area (Å²) in [5.41, 5.74) is 9.01. The van der Waals surface area contributed by atoms with Crippen LogP contribution in [-0.2, 0) is 5.41 Å². The first kappa shape index (κ1) is 18.7. The van der Waals surface area contributed by atoms with Gasteiger partial charge in [-0.05, 0) is 52.1 Å². The van der Waals surface area contributed by atoms with Gasteiger partial charge in [0.1, 0.15) is 11.5 Å². The average molecular weight is 444 g/mol. The molecule has 1 aliphatic heterocycles. The predicted molar refractivity (Wildman–Crippen MR) is 132 cm³/mol. The van der Waals surface area contributed by atoms with Gasteiger partial charge in [-0.2, -0.15) is 0 Å². The molecule has 0 saturated heterocycles. The van der Waals surface area contributed by atoms with E-state index >= 15 is 0 Å². The first-order valence-electron chi connectivity index (χ1n) is 11.0. The van der Waals surface area contributed by atoms with E-state index in [-0.39, 0.29) is 0 Å². The molecule has 0 saturated carbocycles. The average Bonchev–Trinajstić information content (AvgIpc) is 3.15. The van der Waals surface area contributed by atoms with Gasteiger partial charge in [0.15, 0.2) is 0 Å². The lowest BCUT2D eigenvalue weighted by Gasteiger charge is -2.39. The van der Waals surface area contributed by atoms with Gasteiger partial charge in [-0.1, -0.05) is 84.4 Å². The minimum absolute atomic E-state index is 0.459. The van der Waals surface area contributed by atoms with Crippen LogP contribution in [0.5, 0.6) is 11.5 Å². The molecule has 3 heteroatoms. The zero-order chi connectivity index (χ0) is 22.0. The topological polar surface area (TPSA) is 22.1 Å². The van der Waals surface area contributed by atoms with E-state index in [0.29, 0.717) is 5.02 Å². The zero-order valence-electron chi connectivity index (χ0n) is 17.6. The molecule has 4 aromatic carbocycles. The number of fused-ring (bicyclic) bond motifs is 9. The fraction of sp³-hybridized carbons (Fsp3) is 0.0333. The van der Waals surface area contributed by atoms with Gasteiger partial charge >= 0.3 is 0 Å². The summed E-state index contributed by atoms with van der Waals surface area (Å²) >= 11 is 6.28. The second-order valence-corrected chi connectivity index (χ2v) is 8.98. The van der Waals surface area contributed by atoms with Gasteiger partial charge in [-0.15, -0.1) is 0 Å². The van der Waals surface area contributed by atoms with Crippen LogP contribution in [0.25, 0.3) is 22.3 Å². The quantitative estimate of drug-likeness (QED) is 0.257. The minimum Gasteiger partial charge on any atom is -0.457 e. The number of hydrogen-bond donors (Lipinski definition) is 0. The Morgan fingerprint density at radius 1 is 0.576 bits per heavy atom. The maximum absolute atomic E-state index is 6.40. The van der Waals surface area contributed by atoms with Crippen LogP contribution in [0.1, 0.15) is 22.3 Å². The maximum atomic E-state index is 6.40. The summed E-state index contributed by atoms with van der Waals surface area (Å²) in [6.45, 7) is 0. The first-order valence-corrected chi connectivity index (χ1v) is 11.4. The molecule has 1 aromatic heterocycles. The molecular weight excluding hydrogens is 426 g/mol. The Morgan fingerprint density at radius 3 is 1.94 bits per heavy atom. The highest BCUT2D eigenvalue weighted by Crippen LogP contribution is 2.62. The van der Waals surface area contributed by atoms with Crippen LogP contribution in [0.4, 0.5) is 0 Å². The molecule has 0 atom stereocenters. The fourth-order valence-electron chi connectivity index (χ4n) is 5.60. The van der Waals surface area contributed by atoms with Crippen LogP contribution in [0.2, 0.25) is 5.02 Å². The normalized spacial score (nSPS) is 14.1. The Labute approximate surface area is 197 Å². The number of benzene rings is 4. The molecule has 2 nitrogen and oxygen atoms in total. The lowest BCUT2D eigenvalue weighted by molar-refractivity contribution is 0.436. The highest BCUT2D eigenvalue weighted by molar-refractivity contribution is 6.30. The van der Waals surface area contributed by atoms with E-state index in [1.54, 1.807) is 6.20 Å². The Balaban J connectivity index is 1.63. The highest BCUT2D eigenvalue weighted by Gasteiger charge is 2.50. The summed E-state index contributed by atoms with van der Waals surface area (Å²) in [7, 11) is 0. The first-order chi connectivity index (χ1) is 16.3. The van der Waals surface area contributed by atoms with Crippen LogP contribution >= 0.6 is 11.6 Å². The third kappa shape index (κ3) is 2.47. The molecule has 0 amide bonds. The molecule has 0 N–H and O–H groups in total. The predicted octanol–water partition coefficient (Wildman–Crippen LogP) is 7.87. The zero-order valence-corrected chi connectivity index (χ0v) is 18.4. The summed E-state index contributed by atoms with van der Waals surface area (Å²) in [4.78, 5) is 4.32. The molecule has 0 unspecified atom stereocenters. The Kier molecular flexibility index (Phi) is 3.85. The van der Waals surface area contributed by atoms with Crippen molar-refractivity contribution in [1.82, 2.24) is 4.98 Å². The second kappa shape index (κ2) is 6.81. The van der Waals surface area contributed by atoms with Crippen molar-refractivity contribution in [3.05, 3.63) is 137 Å². The molecule has 0 bridgehead atoms. The molecular formula is C30H18ClNO. The summed E-state index contributed by atoms with van der Waals surface area (Å²) in [6.07, 6.45) is 3.54. The van der Waals surface area contributed by atoms with Crippen molar-refractivity contribution >= 4 is 11.6 Å². The van der Waals surface area contributed by atoms with Crippen LogP contribution in [0, 0.1) is 0 Å². The van der Waals surface area contributed by atoms with Crippen molar-refractivity contribution in [1.29, 1.82) is 0 Å². The number of pyridine rings is 1. The summed E-state index contributed by atoms with van der Waals surface area (Å²) in [6, 6.07) is 34.2. The van der Waals surface area contributed by atoms with E-state index in [0.717, 1.165) is 33.8 Å². The third-order valence-electron chi connectivity index (χ3n) is 6.89. The van der Waals surface area contributed by atoms with Gasteiger partial charge in [0.25, 0.3) is 0 Å². The highest BCUT2D eigenvalue weighted by atomic mass is 35.5. The number of hydrogen-bond acceptors (Lipinski definition) is 2. The van der Waals surface area contributed by atoms with E-state index in [1.165, 1.54) is 22.3 Å². The number of nitrogens with zero attached hydrogens (tertiary/aromatic N) is 1. The minimum atomic E-state index is -0.459. The van der Waals surface area contributed by atoms with Gasteiger partial charge in [0, 0.05) is 29.1 Å². The van der Waals surface area contributed by atoms with Crippen molar-refractivity contribution in [3.8, 4) is 33.8 Å². The van der Waals surface area contributed by atoms with Crippen molar-refractivity contribution in [3.63, 3.8) is 0 Å². The number of halogens is 1. The molecule has 7 rings (SSSR count). The Bertz CT molecular complexity index is 1530. The van der Waals surface area contributed by atoms with Gasteiger partial charge in [0.2, 0.25) is 0 Å². The summed E-state index contributed by atoms with van der Waals surface area (Å²) in [5, 5.41) is 0.632. The van der Waals surface area contributed by atoms with Crippen LogP contribution in [0.15, 0.2) is 109 Å². The van der Waals surface area contributed by atoms with Gasteiger partial charge in [-0.3, -0.25) is 4.98 Å². The second-order valence-electron chi connectivity index (χ2n) is 8.54. The maximum Gasteiger partial charge on any atom is 0.132 e. The van der Waals surface area contributed by atoms with Crippen molar-refractivity contribution < 1.29 is 4.74 Å². The van der Waals surface area contributed by atoms with Crippen molar-refractivity contribution in [2.75, 3.05) is 0 Å². The largest absolute Gasteiger partial charge is 0.457 e. The smallest absolute Gasteiger partial charge is 0.132 e. The van der Waals surface area contributed by atoms with E-state index < -0.39 is 5.41 Å². The van der Waals surface area contributed by atoms with Gasteiger partial charge in [-0.25, -0.2) is 0 Å². The molecule has 1 spiro atoms. The number of rotatable bonds is 1. The van der Waals surface area contributed by atoms with E-state index in [1.807, 2.05) is 24.4 Å². The summed E-state index contributed by atoms with van der Waals surface area (Å²) in [5.74, 6) is 1.79. The Morgan fingerprint density at radius 2 is 1.21 bits per heavy atom. The molecule has 1 aliphatic carbocycles. The summed E-state index contributed by atoms with van der Waals surface area (Å²) < 4.78 is 6.40. The molecule has 156 valence electrons. The van der Waals surface area contributed by atoms with E-state index in [2.05, 4.69) is 83.8 Å². The molecule has 0 radical (unpaired) electrons. The van der Waals surface area contributed by atoms with E-state index in [9.17, 15) is 0 Å². The molecule has 2 aliphatic rings. The molecule has 5 aromatic rings. The van der Waals surface area contributed by atoms with Crippen LogP contribution in [-0.4, -0.2) is 4.98 Å².